The molecule has 0 atom stereocenters. The number of ether oxygens (including phenoxy) is 1. The van der Waals surface area contributed by atoms with Crippen LogP contribution in [0, 0.1) is 0 Å². The summed E-state index contributed by atoms with van der Waals surface area (Å²) in [5, 5.41) is 6.00. The fourth-order valence-corrected chi connectivity index (χ4v) is 4.87. The molecule has 0 N–H and O–H groups in total. The zero-order valence-corrected chi connectivity index (χ0v) is 21.8. The summed E-state index contributed by atoms with van der Waals surface area (Å²) in [4.78, 5) is 18.0. The molecule has 0 spiro atoms. The Morgan fingerprint density at radius 3 is 2.42 bits per heavy atom. The van der Waals surface area contributed by atoms with Crippen molar-refractivity contribution in [3.63, 3.8) is 0 Å². The number of hydrogen-bond donors (Lipinski definition) is 0. The Balaban J connectivity index is 1.50. The molecule has 0 unspecified atom stereocenters. The Bertz CT molecular complexity index is 1630. The van der Waals surface area contributed by atoms with Crippen LogP contribution in [0.1, 0.15) is 11.1 Å². The second kappa shape index (κ2) is 10.7. The van der Waals surface area contributed by atoms with Crippen molar-refractivity contribution >= 4 is 56.2 Å². The summed E-state index contributed by atoms with van der Waals surface area (Å²) in [6, 6.07) is 27.7. The predicted molar refractivity (Wildman–Crippen MR) is 149 cm³/mol. The lowest BCUT2D eigenvalue weighted by molar-refractivity contribution is 0.304. The standard InChI is InChI=1S/C28H18BrCl2N3O2/c29-22-14-18(15-24(31)26(22)36-17-20-10-4-6-12-23(20)30)16-32-34-27(19-8-2-1-3-9-19)33-25-13-7-5-11-21(25)28(34)35/h1-16H,17H2. The molecule has 0 aliphatic heterocycles. The molecule has 5 aromatic rings. The molecule has 0 aliphatic carbocycles. The molecule has 0 fully saturated rings. The van der Waals surface area contributed by atoms with E-state index in [1.807, 2.05) is 72.8 Å². The fraction of sp³-hybridized carbons (Fsp3) is 0.0357. The van der Waals surface area contributed by atoms with Crippen LogP contribution < -0.4 is 10.3 Å². The van der Waals surface area contributed by atoms with Gasteiger partial charge in [0.1, 0.15) is 6.61 Å². The highest BCUT2D eigenvalue weighted by Gasteiger charge is 2.13. The van der Waals surface area contributed by atoms with Crippen molar-refractivity contribution in [2.45, 2.75) is 6.61 Å². The van der Waals surface area contributed by atoms with E-state index >= 15 is 0 Å². The minimum absolute atomic E-state index is 0.263. The van der Waals surface area contributed by atoms with Crippen molar-refractivity contribution < 1.29 is 4.74 Å². The molecule has 0 radical (unpaired) electrons. The van der Waals surface area contributed by atoms with Crippen LogP contribution in [0.2, 0.25) is 10.0 Å². The van der Waals surface area contributed by atoms with Crippen LogP contribution >= 0.6 is 39.1 Å². The van der Waals surface area contributed by atoms with Crippen molar-refractivity contribution in [1.82, 2.24) is 9.66 Å². The van der Waals surface area contributed by atoms with Gasteiger partial charge in [0.05, 0.1) is 26.6 Å². The van der Waals surface area contributed by atoms with E-state index in [1.165, 1.54) is 4.68 Å². The first-order chi connectivity index (χ1) is 17.5. The van der Waals surface area contributed by atoms with Gasteiger partial charge in [-0.25, -0.2) is 4.98 Å². The molecule has 0 saturated carbocycles. The highest BCUT2D eigenvalue weighted by atomic mass is 79.9. The van der Waals surface area contributed by atoms with Gasteiger partial charge in [0.25, 0.3) is 5.56 Å². The molecule has 8 heteroatoms. The van der Waals surface area contributed by atoms with Gasteiger partial charge in [-0.15, -0.1) is 0 Å². The Labute approximate surface area is 225 Å². The number of fused-ring (bicyclic) bond motifs is 1. The first kappa shape index (κ1) is 24.3. The van der Waals surface area contributed by atoms with Crippen LogP contribution in [-0.4, -0.2) is 15.9 Å². The molecule has 4 aromatic carbocycles. The van der Waals surface area contributed by atoms with Gasteiger partial charge in [0.15, 0.2) is 11.6 Å². The van der Waals surface area contributed by atoms with E-state index in [4.69, 9.17) is 32.9 Å². The number of rotatable bonds is 6. The second-order valence-electron chi connectivity index (χ2n) is 7.87. The molecule has 1 heterocycles. The highest BCUT2D eigenvalue weighted by Crippen LogP contribution is 2.35. The molecule has 1 aromatic heterocycles. The maximum Gasteiger partial charge on any atom is 0.282 e. The van der Waals surface area contributed by atoms with Gasteiger partial charge in [0.2, 0.25) is 0 Å². The number of para-hydroxylation sites is 1. The summed E-state index contributed by atoms with van der Waals surface area (Å²) in [7, 11) is 0. The smallest absolute Gasteiger partial charge is 0.282 e. The SMILES string of the molecule is O=c1c2ccccc2nc(-c2ccccc2)n1N=Cc1cc(Cl)c(OCc2ccccc2Cl)c(Br)c1. The first-order valence-electron chi connectivity index (χ1n) is 11.0. The third-order valence-corrected chi connectivity index (χ3v) is 6.70. The Hall–Kier alpha value is -3.45. The largest absolute Gasteiger partial charge is 0.486 e. The van der Waals surface area contributed by atoms with E-state index < -0.39 is 0 Å². The number of benzene rings is 4. The lowest BCUT2D eigenvalue weighted by Crippen LogP contribution is -2.20. The van der Waals surface area contributed by atoms with Crippen molar-refractivity contribution in [2.75, 3.05) is 0 Å². The summed E-state index contributed by atoms with van der Waals surface area (Å²) in [5.74, 6) is 0.934. The van der Waals surface area contributed by atoms with Crippen molar-refractivity contribution in [1.29, 1.82) is 0 Å². The summed E-state index contributed by atoms with van der Waals surface area (Å²) in [5.41, 5.74) is 2.65. The van der Waals surface area contributed by atoms with Gasteiger partial charge < -0.3 is 4.74 Å². The molecule has 0 bridgehead atoms. The van der Waals surface area contributed by atoms with Crippen LogP contribution in [0.15, 0.2) is 105 Å². The summed E-state index contributed by atoms with van der Waals surface area (Å²) >= 11 is 16.3. The molecule has 5 nitrogen and oxygen atoms in total. The van der Waals surface area contributed by atoms with Crippen LogP contribution in [0.3, 0.4) is 0 Å². The van der Waals surface area contributed by atoms with E-state index in [9.17, 15) is 4.79 Å². The molecule has 178 valence electrons. The maximum atomic E-state index is 13.3. The third kappa shape index (κ3) is 5.07. The summed E-state index contributed by atoms with van der Waals surface area (Å²) < 4.78 is 7.88. The van der Waals surface area contributed by atoms with Gasteiger partial charge in [-0.2, -0.15) is 9.78 Å². The van der Waals surface area contributed by atoms with Crippen LogP contribution in [0.25, 0.3) is 22.3 Å². The average Bonchev–Trinajstić information content (AvgIpc) is 2.89. The minimum atomic E-state index is -0.263. The normalized spacial score (nSPS) is 11.3. The zero-order chi connectivity index (χ0) is 25.1. The van der Waals surface area contributed by atoms with Crippen molar-refractivity contribution in [2.24, 2.45) is 5.10 Å². The lowest BCUT2D eigenvalue weighted by Gasteiger charge is -2.12. The number of nitrogens with zero attached hydrogens (tertiary/aromatic N) is 3. The zero-order valence-electron chi connectivity index (χ0n) is 18.7. The maximum absolute atomic E-state index is 13.3. The van der Waals surface area contributed by atoms with Gasteiger partial charge in [-0.05, 0) is 51.8 Å². The fourth-order valence-electron chi connectivity index (χ4n) is 3.69. The van der Waals surface area contributed by atoms with Gasteiger partial charge in [-0.1, -0.05) is 83.9 Å². The van der Waals surface area contributed by atoms with E-state index in [0.29, 0.717) is 42.6 Å². The topological polar surface area (TPSA) is 56.5 Å². The van der Waals surface area contributed by atoms with E-state index in [0.717, 1.165) is 11.1 Å². The second-order valence-corrected chi connectivity index (χ2v) is 9.54. The quantitative estimate of drug-likeness (QED) is 0.195. The Kier molecular flexibility index (Phi) is 7.18. The van der Waals surface area contributed by atoms with E-state index in [1.54, 1.807) is 24.4 Å². The summed E-state index contributed by atoms with van der Waals surface area (Å²) in [6.07, 6.45) is 1.57. The van der Waals surface area contributed by atoms with Gasteiger partial charge in [-0.3, -0.25) is 4.79 Å². The van der Waals surface area contributed by atoms with Crippen LogP contribution in [-0.2, 0) is 6.61 Å². The average molecular weight is 579 g/mol. The number of hydrogen-bond acceptors (Lipinski definition) is 4. The molecular weight excluding hydrogens is 561 g/mol. The first-order valence-corrected chi connectivity index (χ1v) is 12.5. The molecule has 0 aliphatic rings. The van der Waals surface area contributed by atoms with Crippen LogP contribution in [0.4, 0.5) is 0 Å². The molecule has 0 amide bonds. The molecular formula is C28H18BrCl2N3O2. The predicted octanol–water partition coefficient (Wildman–Crippen LogP) is 7.59. The van der Waals surface area contributed by atoms with Crippen molar-refractivity contribution in [3.05, 3.63) is 127 Å². The molecule has 0 saturated heterocycles. The Morgan fingerprint density at radius 1 is 0.917 bits per heavy atom. The molecule has 5 rings (SSSR count). The van der Waals surface area contributed by atoms with Crippen molar-refractivity contribution in [3.8, 4) is 17.1 Å². The van der Waals surface area contributed by atoms with E-state index in [-0.39, 0.29) is 12.2 Å². The number of halogens is 3. The minimum Gasteiger partial charge on any atom is -0.486 e. The third-order valence-electron chi connectivity index (χ3n) is 5.46. The number of aromatic nitrogens is 2. The van der Waals surface area contributed by atoms with Gasteiger partial charge >= 0.3 is 0 Å². The lowest BCUT2D eigenvalue weighted by atomic mass is 10.2. The van der Waals surface area contributed by atoms with E-state index in [2.05, 4.69) is 21.0 Å². The highest BCUT2D eigenvalue weighted by molar-refractivity contribution is 9.10. The summed E-state index contributed by atoms with van der Waals surface area (Å²) in [6.45, 7) is 0.268. The monoisotopic (exact) mass is 577 g/mol. The molecule has 36 heavy (non-hydrogen) atoms. The Morgan fingerprint density at radius 2 is 1.64 bits per heavy atom. The van der Waals surface area contributed by atoms with Crippen LogP contribution in [0.5, 0.6) is 5.75 Å². The van der Waals surface area contributed by atoms with Gasteiger partial charge in [0, 0.05) is 16.1 Å².